The van der Waals surface area contributed by atoms with Crippen LogP contribution in [0.15, 0.2) is 24.3 Å². The second-order valence-corrected chi connectivity index (χ2v) is 12.0. The summed E-state index contributed by atoms with van der Waals surface area (Å²) >= 11 is 0. The van der Waals surface area contributed by atoms with Gasteiger partial charge in [0.2, 0.25) is 17.7 Å². The summed E-state index contributed by atoms with van der Waals surface area (Å²) in [6, 6.07) is 2.34. The van der Waals surface area contributed by atoms with E-state index >= 15 is 0 Å². The normalized spacial score (nSPS) is 13.2. The number of rotatable bonds is 13. The lowest BCUT2D eigenvalue weighted by atomic mass is 10.0. The smallest absolute Gasteiger partial charge is 0.329 e. The molecule has 2 atom stereocenters. The predicted molar refractivity (Wildman–Crippen MR) is 156 cm³/mol. The number of phenols is 1. The number of aromatic hydroxyl groups is 1. The first-order valence-corrected chi connectivity index (χ1v) is 13.7. The Kier molecular flexibility index (Phi) is 13.5. The number of hydrogen-bond donors (Lipinski definition) is 4. The third-order valence-corrected chi connectivity index (χ3v) is 5.38. The molecule has 3 amide bonds. The molecule has 12 nitrogen and oxygen atoms in total. The van der Waals surface area contributed by atoms with Crippen molar-refractivity contribution in [3.05, 3.63) is 29.8 Å². The van der Waals surface area contributed by atoms with Gasteiger partial charge in [-0.05, 0) is 77.7 Å². The molecule has 0 heterocycles. The highest BCUT2D eigenvalue weighted by molar-refractivity contribution is 5.96. The minimum absolute atomic E-state index is 0.0417. The van der Waals surface area contributed by atoms with E-state index in [1.165, 1.54) is 31.4 Å². The Morgan fingerprint density at radius 3 is 2.12 bits per heavy atom. The number of ether oxygens (including phenoxy) is 3. The Hall–Kier alpha value is -4.09. The minimum atomic E-state index is -1.16. The molecule has 1 aromatic carbocycles. The molecule has 0 unspecified atom stereocenters. The number of esters is 2. The fourth-order valence-electron chi connectivity index (χ4n) is 3.49. The van der Waals surface area contributed by atoms with E-state index in [1.807, 2.05) is 0 Å². The fourth-order valence-corrected chi connectivity index (χ4v) is 3.49. The summed E-state index contributed by atoms with van der Waals surface area (Å²) in [6.45, 7) is 13.2. The van der Waals surface area contributed by atoms with Gasteiger partial charge in [0.25, 0.3) is 0 Å². The quantitative estimate of drug-likeness (QED) is 0.199. The van der Waals surface area contributed by atoms with Crippen molar-refractivity contribution >= 4 is 35.7 Å². The minimum Gasteiger partial charge on any atom is -0.504 e. The van der Waals surface area contributed by atoms with Crippen molar-refractivity contribution in [2.75, 3.05) is 13.7 Å². The van der Waals surface area contributed by atoms with Crippen LogP contribution in [0, 0.1) is 5.92 Å². The zero-order valence-corrected chi connectivity index (χ0v) is 26.0. The number of hydrogen-bond acceptors (Lipinski definition) is 9. The molecule has 0 radical (unpaired) electrons. The van der Waals surface area contributed by atoms with Crippen LogP contribution in [0.5, 0.6) is 11.5 Å². The van der Waals surface area contributed by atoms with E-state index in [-0.39, 0.29) is 30.3 Å². The third-order valence-electron chi connectivity index (χ3n) is 5.38. The topological polar surface area (TPSA) is 169 Å². The van der Waals surface area contributed by atoms with Crippen LogP contribution in [0.3, 0.4) is 0 Å². The van der Waals surface area contributed by atoms with E-state index < -0.39 is 59.5 Å². The van der Waals surface area contributed by atoms with Crippen LogP contribution in [0.1, 0.15) is 73.8 Å². The molecule has 0 saturated carbocycles. The highest BCUT2D eigenvalue weighted by Gasteiger charge is 2.32. The molecule has 12 heteroatoms. The van der Waals surface area contributed by atoms with Crippen LogP contribution in [0.4, 0.5) is 0 Å². The summed E-state index contributed by atoms with van der Waals surface area (Å²) in [6.07, 6.45) is 2.48. The molecular weight excluding hydrogens is 546 g/mol. The van der Waals surface area contributed by atoms with E-state index in [2.05, 4.69) is 16.0 Å². The van der Waals surface area contributed by atoms with Gasteiger partial charge in [0.1, 0.15) is 23.3 Å². The molecule has 1 aromatic rings. The lowest BCUT2D eigenvalue weighted by Crippen LogP contribution is -2.55. The molecule has 0 fully saturated rings. The maximum atomic E-state index is 13.2. The number of phenolic OH excluding ortho intramolecular Hbond substituents is 1. The van der Waals surface area contributed by atoms with Crippen molar-refractivity contribution < 1.29 is 43.3 Å². The lowest BCUT2D eigenvalue weighted by Gasteiger charge is -2.27. The SMILES string of the molecule is COc1cc(/C=C/C(=O)NCC(=O)N[C@H](C(=O)N[C@H](CCC(=O)OC(C)(C)C)C(=O)OC(C)(C)C)C(C)C)ccc1O. The molecule has 0 aliphatic carbocycles. The van der Waals surface area contributed by atoms with Gasteiger partial charge < -0.3 is 35.3 Å². The number of methoxy groups -OCH3 is 1. The van der Waals surface area contributed by atoms with Crippen molar-refractivity contribution in [1.29, 1.82) is 0 Å². The summed E-state index contributed by atoms with van der Waals surface area (Å²) < 4.78 is 15.8. The van der Waals surface area contributed by atoms with Gasteiger partial charge in [0, 0.05) is 12.5 Å². The van der Waals surface area contributed by atoms with Gasteiger partial charge in [-0.3, -0.25) is 19.2 Å². The van der Waals surface area contributed by atoms with Crippen molar-refractivity contribution in [1.82, 2.24) is 16.0 Å². The van der Waals surface area contributed by atoms with Gasteiger partial charge in [-0.15, -0.1) is 0 Å². The predicted octanol–water partition coefficient (Wildman–Crippen LogP) is 2.62. The van der Waals surface area contributed by atoms with Crippen LogP contribution in [-0.2, 0) is 33.4 Å². The molecule has 234 valence electrons. The monoisotopic (exact) mass is 591 g/mol. The second kappa shape index (κ2) is 15.8. The first kappa shape index (κ1) is 35.9. The molecule has 0 saturated heterocycles. The summed E-state index contributed by atoms with van der Waals surface area (Å²) in [5.74, 6) is -3.26. The zero-order chi connectivity index (χ0) is 32.3. The largest absolute Gasteiger partial charge is 0.504 e. The van der Waals surface area contributed by atoms with Crippen molar-refractivity contribution in [3.8, 4) is 11.5 Å². The molecule has 0 aromatic heterocycles. The Labute approximate surface area is 247 Å². The van der Waals surface area contributed by atoms with Gasteiger partial charge in [0.15, 0.2) is 11.5 Å². The third kappa shape index (κ3) is 14.0. The van der Waals surface area contributed by atoms with Crippen LogP contribution in [-0.4, -0.2) is 71.7 Å². The number of carbonyl (C=O) groups is 5. The number of carbonyl (C=O) groups excluding carboxylic acids is 5. The van der Waals surface area contributed by atoms with E-state index in [0.29, 0.717) is 5.56 Å². The molecule has 4 N–H and O–H groups in total. The second-order valence-electron chi connectivity index (χ2n) is 12.0. The van der Waals surface area contributed by atoms with Gasteiger partial charge in [-0.2, -0.15) is 0 Å². The van der Waals surface area contributed by atoms with Crippen molar-refractivity contribution in [2.45, 2.75) is 91.5 Å². The first-order valence-electron chi connectivity index (χ1n) is 13.7. The summed E-state index contributed by atoms with van der Waals surface area (Å²) in [5, 5.41) is 17.3. The Bertz CT molecular complexity index is 1150. The lowest BCUT2D eigenvalue weighted by molar-refractivity contribution is -0.160. The number of benzene rings is 1. The maximum absolute atomic E-state index is 13.2. The van der Waals surface area contributed by atoms with Crippen LogP contribution >= 0.6 is 0 Å². The van der Waals surface area contributed by atoms with Gasteiger partial charge in [-0.25, -0.2) is 4.79 Å². The van der Waals surface area contributed by atoms with Gasteiger partial charge in [0.05, 0.1) is 13.7 Å². The Morgan fingerprint density at radius 1 is 0.952 bits per heavy atom. The van der Waals surface area contributed by atoms with Gasteiger partial charge in [-0.1, -0.05) is 19.9 Å². The highest BCUT2D eigenvalue weighted by Crippen LogP contribution is 2.26. The standard InChI is InChI=1S/C30H45N3O9/c1-18(2)26(33-24(36)17-31-23(35)14-11-19-10-13-21(34)22(16-19)40-9)27(38)32-20(28(39)42-30(6,7)8)12-15-25(37)41-29(3,4)5/h10-11,13-14,16,18,20,26,34H,12,15,17H2,1-9H3,(H,31,35)(H,32,38)(H,33,36)/b14-11+/t20-,26+/m1/s1. The molecule has 0 aliphatic heterocycles. The fraction of sp³-hybridized carbons (Fsp3) is 0.567. The number of amides is 3. The molecular formula is C30H45N3O9. The highest BCUT2D eigenvalue weighted by atomic mass is 16.6. The molecule has 0 spiro atoms. The molecule has 42 heavy (non-hydrogen) atoms. The zero-order valence-electron chi connectivity index (χ0n) is 26.0. The van der Waals surface area contributed by atoms with Gasteiger partial charge >= 0.3 is 11.9 Å². The maximum Gasteiger partial charge on any atom is 0.329 e. The van der Waals surface area contributed by atoms with Crippen LogP contribution in [0.2, 0.25) is 0 Å². The Morgan fingerprint density at radius 2 is 1.57 bits per heavy atom. The summed E-state index contributed by atoms with van der Waals surface area (Å²) in [4.78, 5) is 63.1. The average Bonchev–Trinajstić information content (AvgIpc) is 2.85. The molecule has 0 bridgehead atoms. The number of nitrogens with one attached hydrogen (secondary N) is 3. The molecule has 0 aliphatic rings. The van der Waals surface area contributed by atoms with Crippen LogP contribution < -0.4 is 20.7 Å². The van der Waals surface area contributed by atoms with E-state index in [4.69, 9.17) is 14.2 Å². The summed E-state index contributed by atoms with van der Waals surface area (Å²) in [7, 11) is 1.40. The average molecular weight is 592 g/mol. The molecule has 1 rings (SSSR count). The van der Waals surface area contributed by atoms with E-state index in [0.717, 1.165) is 0 Å². The summed E-state index contributed by atoms with van der Waals surface area (Å²) in [5.41, 5.74) is -0.954. The van der Waals surface area contributed by atoms with E-state index in [1.54, 1.807) is 61.5 Å². The van der Waals surface area contributed by atoms with Crippen molar-refractivity contribution in [3.63, 3.8) is 0 Å². The Balaban J connectivity index is 2.83. The first-order chi connectivity index (χ1) is 19.3. The van der Waals surface area contributed by atoms with Crippen molar-refractivity contribution in [2.24, 2.45) is 5.92 Å². The van der Waals surface area contributed by atoms with E-state index in [9.17, 15) is 29.1 Å². The van der Waals surface area contributed by atoms with Crippen LogP contribution in [0.25, 0.3) is 6.08 Å².